The van der Waals surface area contributed by atoms with Crippen LogP contribution in [0.5, 0.6) is 0 Å². The molecule has 0 aromatic rings. The summed E-state index contributed by atoms with van der Waals surface area (Å²) in [4.78, 5) is 14.9. The second-order valence-electron chi connectivity index (χ2n) is 9.11. The second-order valence-corrected chi connectivity index (χ2v) is 11.0. The Labute approximate surface area is 164 Å². The first kappa shape index (κ1) is 20.8. The lowest BCUT2D eigenvalue weighted by Crippen LogP contribution is -2.54. The summed E-state index contributed by atoms with van der Waals surface area (Å²) in [5, 5.41) is 0. The molecule has 0 bridgehead atoms. The fraction of sp³-hybridized carbons (Fsp3) is 0.850. The maximum absolute atomic E-state index is 13.0. The van der Waals surface area contributed by atoms with Gasteiger partial charge < -0.3 is 4.90 Å². The van der Waals surface area contributed by atoms with Crippen LogP contribution in [0.15, 0.2) is 11.6 Å². The van der Waals surface area contributed by atoms with E-state index in [0.29, 0.717) is 45.2 Å². The predicted molar refractivity (Wildman–Crippen MR) is 107 cm³/mol. The normalized spacial score (nSPS) is 29.9. The van der Waals surface area contributed by atoms with Gasteiger partial charge in [-0.15, -0.1) is 0 Å². The van der Waals surface area contributed by atoms with Gasteiger partial charge in [-0.05, 0) is 38.0 Å². The van der Waals surface area contributed by atoms with Crippen molar-refractivity contribution in [3.63, 3.8) is 0 Å². The number of carbonyl (C=O) groups is 1. The fourth-order valence-corrected chi connectivity index (χ4v) is 6.26. The average molecular weight is 398 g/mol. The highest BCUT2D eigenvalue weighted by Crippen LogP contribution is 2.60. The van der Waals surface area contributed by atoms with Gasteiger partial charge in [-0.25, -0.2) is 0 Å². The summed E-state index contributed by atoms with van der Waals surface area (Å²) in [6, 6.07) is 0. The number of rotatable bonds is 4. The van der Waals surface area contributed by atoms with Crippen molar-refractivity contribution in [1.29, 1.82) is 0 Å². The molecule has 1 amide bonds. The van der Waals surface area contributed by atoms with Crippen molar-refractivity contribution in [2.45, 2.75) is 53.4 Å². The molecule has 1 saturated carbocycles. The Morgan fingerprint density at radius 2 is 1.41 bits per heavy atom. The predicted octanol–water partition coefficient (Wildman–Crippen LogP) is 2.49. The molecule has 0 spiro atoms. The van der Waals surface area contributed by atoms with Crippen LogP contribution in [0.25, 0.3) is 0 Å². The monoisotopic (exact) mass is 397 g/mol. The van der Waals surface area contributed by atoms with Crippen LogP contribution in [-0.4, -0.2) is 67.1 Å². The smallest absolute Gasteiger partial charge is 0.282 e. The lowest BCUT2D eigenvalue weighted by atomic mass is 10.1. The summed E-state index contributed by atoms with van der Waals surface area (Å²) >= 11 is 0. The topological polar surface area (TPSA) is 60.9 Å². The molecule has 2 unspecified atom stereocenters. The Morgan fingerprint density at radius 1 is 0.889 bits per heavy atom. The first-order chi connectivity index (χ1) is 12.7. The molecule has 3 fully saturated rings. The summed E-state index contributed by atoms with van der Waals surface area (Å²) in [5.74, 6) is 0.518. The van der Waals surface area contributed by atoms with Crippen molar-refractivity contribution in [3.05, 3.63) is 11.6 Å². The van der Waals surface area contributed by atoms with Crippen molar-refractivity contribution in [3.8, 4) is 0 Å². The maximum Gasteiger partial charge on any atom is 0.282 e. The third-order valence-electron chi connectivity index (χ3n) is 6.46. The number of carbonyl (C=O) groups excluding carboxylic acids is 1. The molecule has 154 valence electrons. The van der Waals surface area contributed by atoms with E-state index in [1.807, 2.05) is 4.90 Å². The fourth-order valence-electron chi connectivity index (χ4n) is 4.59. The first-order valence-corrected chi connectivity index (χ1v) is 11.7. The van der Waals surface area contributed by atoms with Gasteiger partial charge in [0, 0.05) is 39.3 Å². The second kappa shape index (κ2) is 7.84. The Hall–Kier alpha value is -0.920. The number of piperazine rings is 1. The van der Waals surface area contributed by atoms with Crippen LogP contribution < -0.4 is 0 Å². The molecule has 27 heavy (non-hydrogen) atoms. The van der Waals surface area contributed by atoms with Crippen LogP contribution in [0.2, 0.25) is 0 Å². The molecule has 3 aliphatic rings. The van der Waals surface area contributed by atoms with Crippen LogP contribution in [0.3, 0.4) is 0 Å². The maximum atomic E-state index is 13.0. The summed E-state index contributed by atoms with van der Waals surface area (Å²) in [6.07, 6.45) is 6.32. The Bertz CT molecular complexity index is 681. The Balaban J connectivity index is 1.59. The summed E-state index contributed by atoms with van der Waals surface area (Å²) in [7, 11) is -3.39. The van der Waals surface area contributed by atoms with Crippen LogP contribution in [0, 0.1) is 17.3 Å². The minimum atomic E-state index is -3.39. The van der Waals surface area contributed by atoms with E-state index in [-0.39, 0.29) is 17.2 Å². The van der Waals surface area contributed by atoms with E-state index in [9.17, 15) is 13.2 Å². The molecular formula is C20H35N3O3S. The highest BCUT2D eigenvalue weighted by atomic mass is 32.2. The van der Waals surface area contributed by atoms with Gasteiger partial charge in [0.05, 0.1) is 5.92 Å². The average Bonchev–Trinajstić information content (AvgIpc) is 3.25. The zero-order valence-electron chi connectivity index (χ0n) is 17.3. The number of amides is 1. The molecule has 0 aromatic carbocycles. The Morgan fingerprint density at radius 3 is 1.93 bits per heavy atom. The molecule has 0 radical (unpaired) electrons. The van der Waals surface area contributed by atoms with E-state index in [2.05, 4.69) is 33.8 Å². The summed E-state index contributed by atoms with van der Waals surface area (Å²) in [6.45, 7) is 11.5. The number of hydrogen-bond donors (Lipinski definition) is 0. The quantitative estimate of drug-likeness (QED) is 0.685. The van der Waals surface area contributed by atoms with Gasteiger partial charge in [-0.2, -0.15) is 17.0 Å². The molecule has 2 atom stereocenters. The van der Waals surface area contributed by atoms with E-state index in [4.69, 9.17) is 0 Å². The lowest BCUT2D eigenvalue weighted by molar-refractivity contribution is -0.134. The molecule has 1 aliphatic carbocycles. The zero-order chi connectivity index (χ0) is 19.8. The molecule has 7 heteroatoms. The van der Waals surface area contributed by atoms with Gasteiger partial charge in [-0.1, -0.05) is 38.3 Å². The molecular weight excluding hydrogens is 362 g/mol. The number of allylic oxidation sites excluding steroid dienone is 2. The Kier molecular flexibility index (Phi) is 6.04. The van der Waals surface area contributed by atoms with E-state index >= 15 is 0 Å². The van der Waals surface area contributed by atoms with Gasteiger partial charge in [0.1, 0.15) is 0 Å². The third-order valence-corrected chi connectivity index (χ3v) is 8.49. The van der Waals surface area contributed by atoms with Gasteiger partial charge in [0.25, 0.3) is 10.2 Å². The molecule has 2 saturated heterocycles. The molecule has 6 nitrogen and oxygen atoms in total. The number of nitrogens with zero attached hydrogens (tertiary/aromatic N) is 3. The summed E-state index contributed by atoms with van der Waals surface area (Å²) < 4.78 is 29.1. The van der Waals surface area contributed by atoms with Crippen molar-refractivity contribution in [2.75, 3.05) is 39.3 Å². The van der Waals surface area contributed by atoms with E-state index < -0.39 is 10.2 Å². The van der Waals surface area contributed by atoms with E-state index in [1.54, 1.807) is 8.61 Å². The van der Waals surface area contributed by atoms with Crippen LogP contribution in [0.4, 0.5) is 0 Å². The van der Waals surface area contributed by atoms with Crippen molar-refractivity contribution in [2.24, 2.45) is 17.3 Å². The highest BCUT2D eigenvalue weighted by molar-refractivity contribution is 7.86. The standard InChI is InChI=1S/C20H35N3O3S/c1-16(2)15-17-18(20(17,3)4)19(24)21-11-13-23(14-12-21)27(25,26)22-9-7-5-6-8-10-22/h15,17-18H,5-14H2,1-4H3. The third kappa shape index (κ3) is 4.25. The van der Waals surface area contributed by atoms with E-state index in [0.717, 1.165) is 25.7 Å². The first-order valence-electron chi connectivity index (χ1n) is 10.3. The largest absolute Gasteiger partial charge is 0.340 e. The van der Waals surface area contributed by atoms with E-state index in [1.165, 1.54) is 5.57 Å². The lowest BCUT2D eigenvalue weighted by Gasteiger charge is -2.36. The molecule has 2 heterocycles. The van der Waals surface area contributed by atoms with Crippen LogP contribution >= 0.6 is 0 Å². The molecule has 0 aromatic heterocycles. The van der Waals surface area contributed by atoms with Gasteiger partial charge in [0.2, 0.25) is 5.91 Å². The van der Waals surface area contributed by atoms with Crippen molar-refractivity contribution < 1.29 is 13.2 Å². The minimum Gasteiger partial charge on any atom is -0.340 e. The minimum absolute atomic E-state index is 0.00359. The highest BCUT2D eigenvalue weighted by Gasteiger charge is 2.61. The zero-order valence-corrected chi connectivity index (χ0v) is 18.1. The van der Waals surface area contributed by atoms with Crippen molar-refractivity contribution >= 4 is 16.1 Å². The summed E-state index contributed by atoms with van der Waals surface area (Å²) in [5.41, 5.74) is 1.25. The van der Waals surface area contributed by atoms with Gasteiger partial charge in [-0.3, -0.25) is 4.79 Å². The number of hydrogen-bond acceptors (Lipinski definition) is 3. The van der Waals surface area contributed by atoms with Crippen LogP contribution in [0.1, 0.15) is 53.4 Å². The van der Waals surface area contributed by atoms with Gasteiger partial charge in [0.15, 0.2) is 0 Å². The SMILES string of the molecule is CC(C)=CC1C(C(=O)N2CCN(S(=O)(=O)N3CCCCCC3)CC2)C1(C)C. The van der Waals surface area contributed by atoms with Crippen molar-refractivity contribution in [1.82, 2.24) is 13.5 Å². The van der Waals surface area contributed by atoms with Crippen LogP contribution in [-0.2, 0) is 15.0 Å². The van der Waals surface area contributed by atoms with Gasteiger partial charge >= 0.3 is 0 Å². The molecule has 2 aliphatic heterocycles. The molecule has 3 rings (SSSR count). The molecule has 0 N–H and O–H groups in total.